The molecular weight excluding hydrogens is 158 g/mol. The molecule has 0 aromatic rings. The Kier molecular flexibility index (Phi) is 3.39. The Morgan fingerprint density at radius 3 is 2.31 bits per heavy atom. The van der Waals surface area contributed by atoms with Gasteiger partial charge in [-0.25, -0.2) is 0 Å². The van der Waals surface area contributed by atoms with E-state index in [1.165, 1.54) is 19.4 Å². The molecule has 0 spiro atoms. The average molecular weight is 183 g/mol. The molecule has 1 aliphatic rings. The zero-order valence-corrected chi connectivity index (χ0v) is 9.85. The minimum Gasteiger partial charge on any atom is -0.314 e. The number of nitrogens with one attached hydrogen (secondary N) is 1. The van der Waals surface area contributed by atoms with Crippen LogP contribution in [-0.4, -0.2) is 12.6 Å². The fourth-order valence-corrected chi connectivity index (χ4v) is 2.89. The van der Waals surface area contributed by atoms with Crippen LogP contribution in [0.4, 0.5) is 0 Å². The highest BCUT2D eigenvalue weighted by molar-refractivity contribution is 4.89. The molecule has 1 heterocycles. The predicted octanol–water partition coefficient (Wildman–Crippen LogP) is 3.06. The van der Waals surface area contributed by atoms with E-state index in [4.69, 9.17) is 0 Å². The third kappa shape index (κ3) is 2.46. The third-order valence-electron chi connectivity index (χ3n) is 3.66. The fourth-order valence-electron chi connectivity index (χ4n) is 2.89. The van der Waals surface area contributed by atoms with E-state index >= 15 is 0 Å². The van der Waals surface area contributed by atoms with Crippen molar-refractivity contribution < 1.29 is 0 Å². The van der Waals surface area contributed by atoms with Crippen molar-refractivity contribution in [3.63, 3.8) is 0 Å². The van der Waals surface area contributed by atoms with Crippen LogP contribution < -0.4 is 5.32 Å². The maximum Gasteiger partial charge on any atom is 0.00697 e. The highest BCUT2D eigenvalue weighted by atomic mass is 14.9. The van der Waals surface area contributed by atoms with E-state index < -0.39 is 0 Å². The summed E-state index contributed by atoms with van der Waals surface area (Å²) in [7, 11) is 0. The minimum absolute atomic E-state index is 0.483. The van der Waals surface area contributed by atoms with Crippen LogP contribution in [0.1, 0.15) is 47.5 Å². The first-order chi connectivity index (χ1) is 5.96. The van der Waals surface area contributed by atoms with E-state index in [1.807, 2.05) is 0 Å². The molecule has 0 radical (unpaired) electrons. The molecule has 1 nitrogen and oxygen atoms in total. The second-order valence-corrected chi connectivity index (χ2v) is 5.58. The summed E-state index contributed by atoms with van der Waals surface area (Å²) < 4.78 is 0. The summed E-state index contributed by atoms with van der Waals surface area (Å²) in [6, 6.07) is 0.711. The first-order valence-electron chi connectivity index (χ1n) is 5.70. The SMILES string of the molecule is CCC1C(C)NCCC1C(C)(C)C. The van der Waals surface area contributed by atoms with E-state index in [9.17, 15) is 0 Å². The fraction of sp³-hybridized carbons (Fsp3) is 1.00. The minimum atomic E-state index is 0.483. The molecule has 1 heteroatoms. The number of piperidine rings is 1. The van der Waals surface area contributed by atoms with Gasteiger partial charge in [-0.2, -0.15) is 0 Å². The molecule has 3 atom stereocenters. The number of hydrogen-bond donors (Lipinski definition) is 1. The van der Waals surface area contributed by atoms with Gasteiger partial charge in [-0.05, 0) is 37.1 Å². The van der Waals surface area contributed by atoms with E-state index in [0.717, 1.165) is 11.8 Å². The van der Waals surface area contributed by atoms with E-state index in [-0.39, 0.29) is 0 Å². The van der Waals surface area contributed by atoms with Gasteiger partial charge in [0.1, 0.15) is 0 Å². The molecule has 0 bridgehead atoms. The van der Waals surface area contributed by atoms with Crippen molar-refractivity contribution in [2.45, 2.75) is 53.5 Å². The van der Waals surface area contributed by atoms with Crippen molar-refractivity contribution in [2.24, 2.45) is 17.3 Å². The Labute approximate surface area is 83.3 Å². The second-order valence-electron chi connectivity index (χ2n) is 5.58. The molecule has 1 saturated heterocycles. The van der Waals surface area contributed by atoms with Gasteiger partial charge < -0.3 is 5.32 Å². The monoisotopic (exact) mass is 183 g/mol. The van der Waals surface area contributed by atoms with Crippen LogP contribution in [0.25, 0.3) is 0 Å². The molecule has 13 heavy (non-hydrogen) atoms. The summed E-state index contributed by atoms with van der Waals surface area (Å²) >= 11 is 0. The first kappa shape index (κ1) is 11.0. The quantitative estimate of drug-likeness (QED) is 0.659. The Morgan fingerprint density at radius 2 is 1.92 bits per heavy atom. The van der Waals surface area contributed by atoms with E-state index in [0.29, 0.717) is 11.5 Å². The van der Waals surface area contributed by atoms with Crippen LogP contribution >= 0.6 is 0 Å². The van der Waals surface area contributed by atoms with Crippen LogP contribution in [0, 0.1) is 17.3 Å². The zero-order valence-electron chi connectivity index (χ0n) is 9.85. The lowest BCUT2D eigenvalue weighted by atomic mass is 9.67. The summed E-state index contributed by atoms with van der Waals surface area (Å²) in [6.45, 7) is 13.0. The van der Waals surface area contributed by atoms with Gasteiger partial charge >= 0.3 is 0 Å². The van der Waals surface area contributed by atoms with Crippen LogP contribution in [-0.2, 0) is 0 Å². The van der Waals surface area contributed by atoms with Crippen LogP contribution in [0.3, 0.4) is 0 Å². The van der Waals surface area contributed by atoms with Gasteiger partial charge in [0.15, 0.2) is 0 Å². The molecule has 78 valence electrons. The summed E-state index contributed by atoms with van der Waals surface area (Å²) in [6.07, 6.45) is 2.67. The van der Waals surface area contributed by atoms with Crippen LogP contribution in [0.5, 0.6) is 0 Å². The molecule has 1 N–H and O–H groups in total. The molecule has 3 unspecified atom stereocenters. The largest absolute Gasteiger partial charge is 0.314 e. The number of hydrogen-bond acceptors (Lipinski definition) is 1. The van der Waals surface area contributed by atoms with Crippen LogP contribution in [0.15, 0.2) is 0 Å². The maximum atomic E-state index is 3.59. The van der Waals surface area contributed by atoms with E-state index in [2.05, 4.69) is 39.9 Å². The molecule has 0 aromatic heterocycles. The Balaban J connectivity index is 2.70. The van der Waals surface area contributed by atoms with Gasteiger partial charge in [0, 0.05) is 6.04 Å². The summed E-state index contributed by atoms with van der Waals surface area (Å²) in [4.78, 5) is 0. The first-order valence-corrected chi connectivity index (χ1v) is 5.70. The molecule has 1 aliphatic heterocycles. The molecule has 0 aliphatic carbocycles. The summed E-state index contributed by atoms with van der Waals surface area (Å²) in [5.41, 5.74) is 0.483. The maximum absolute atomic E-state index is 3.59. The topological polar surface area (TPSA) is 12.0 Å². The highest BCUT2D eigenvalue weighted by Crippen LogP contribution is 2.39. The lowest BCUT2D eigenvalue weighted by Crippen LogP contribution is -2.47. The molecular formula is C12H25N. The van der Waals surface area contributed by atoms with E-state index in [1.54, 1.807) is 0 Å². The third-order valence-corrected chi connectivity index (χ3v) is 3.66. The van der Waals surface area contributed by atoms with Crippen LogP contribution in [0.2, 0.25) is 0 Å². The molecule has 0 saturated carbocycles. The molecule has 0 aromatic carbocycles. The normalized spacial score (nSPS) is 36.2. The smallest absolute Gasteiger partial charge is 0.00697 e. The summed E-state index contributed by atoms with van der Waals surface area (Å²) in [5.74, 6) is 1.77. The Hall–Kier alpha value is -0.0400. The zero-order chi connectivity index (χ0) is 10.1. The van der Waals surface area contributed by atoms with Gasteiger partial charge in [-0.15, -0.1) is 0 Å². The molecule has 1 rings (SSSR count). The van der Waals surface area contributed by atoms with Crippen molar-refractivity contribution in [1.29, 1.82) is 0 Å². The van der Waals surface area contributed by atoms with Crippen molar-refractivity contribution in [1.82, 2.24) is 5.32 Å². The van der Waals surface area contributed by atoms with Crippen molar-refractivity contribution in [2.75, 3.05) is 6.54 Å². The highest BCUT2D eigenvalue weighted by Gasteiger charge is 2.36. The lowest BCUT2D eigenvalue weighted by molar-refractivity contribution is 0.0867. The van der Waals surface area contributed by atoms with Crippen molar-refractivity contribution >= 4 is 0 Å². The predicted molar refractivity (Wildman–Crippen MR) is 58.8 cm³/mol. The van der Waals surface area contributed by atoms with Gasteiger partial charge in [-0.3, -0.25) is 0 Å². The van der Waals surface area contributed by atoms with Crippen molar-refractivity contribution in [3.8, 4) is 0 Å². The molecule has 1 fully saturated rings. The molecule has 0 amide bonds. The second kappa shape index (κ2) is 4.00. The lowest BCUT2D eigenvalue weighted by Gasteiger charge is -2.44. The Bertz CT molecular complexity index is 157. The van der Waals surface area contributed by atoms with Gasteiger partial charge in [0.2, 0.25) is 0 Å². The number of rotatable bonds is 1. The van der Waals surface area contributed by atoms with Crippen molar-refractivity contribution in [3.05, 3.63) is 0 Å². The summed E-state index contributed by atoms with van der Waals surface area (Å²) in [5, 5.41) is 3.59. The van der Waals surface area contributed by atoms with Gasteiger partial charge in [0.25, 0.3) is 0 Å². The Morgan fingerprint density at radius 1 is 1.31 bits per heavy atom. The average Bonchev–Trinajstić information content (AvgIpc) is 2.02. The van der Waals surface area contributed by atoms with Gasteiger partial charge in [-0.1, -0.05) is 34.1 Å². The van der Waals surface area contributed by atoms with Gasteiger partial charge in [0.05, 0.1) is 0 Å². The standard InChI is InChI=1S/C12H25N/c1-6-10-9(2)13-8-7-11(10)12(3,4)5/h9-11,13H,6-8H2,1-5H3.